The summed E-state index contributed by atoms with van der Waals surface area (Å²) < 4.78 is 12.1. The van der Waals surface area contributed by atoms with Gasteiger partial charge >= 0.3 is 6.09 Å². The average Bonchev–Trinajstić information content (AvgIpc) is 3.27. The van der Waals surface area contributed by atoms with E-state index in [1.54, 1.807) is 16.8 Å². The van der Waals surface area contributed by atoms with E-state index in [1.807, 2.05) is 19.9 Å². The molecule has 4 heterocycles. The maximum Gasteiger partial charge on any atom is 0.410 e. The summed E-state index contributed by atoms with van der Waals surface area (Å²) in [4.78, 5) is 20.8. The van der Waals surface area contributed by atoms with Gasteiger partial charge in [-0.1, -0.05) is 11.3 Å². The first kappa shape index (κ1) is 16.1. The van der Waals surface area contributed by atoms with E-state index >= 15 is 0 Å². The number of nitrogens with two attached hydrogens (primary N) is 2. The maximum absolute atomic E-state index is 11.1. The van der Waals surface area contributed by atoms with Crippen LogP contribution in [0.25, 0.3) is 27.6 Å². The van der Waals surface area contributed by atoms with E-state index in [0.717, 1.165) is 22.7 Å². The van der Waals surface area contributed by atoms with E-state index in [0.29, 0.717) is 27.6 Å². The van der Waals surface area contributed by atoms with Crippen molar-refractivity contribution in [3.63, 3.8) is 0 Å². The molecule has 0 saturated heterocycles. The smallest absolute Gasteiger partial charge is 0.410 e. The van der Waals surface area contributed by atoms with Gasteiger partial charge in [0.1, 0.15) is 10.5 Å². The van der Waals surface area contributed by atoms with Crippen molar-refractivity contribution < 1.29 is 13.9 Å². The predicted octanol–water partition coefficient (Wildman–Crippen LogP) is 2.79. The number of carbonyl (C=O) groups is 1. The summed E-state index contributed by atoms with van der Waals surface area (Å²) in [7, 11) is 0. The van der Waals surface area contributed by atoms with Crippen LogP contribution in [0.2, 0.25) is 0 Å². The number of nitrogen functional groups attached to an aromatic ring is 1. The lowest BCUT2D eigenvalue weighted by Crippen LogP contribution is -2.16. The minimum Gasteiger partial charge on any atom is -0.463 e. The Morgan fingerprint density at radius 2 is 2.15 bits per heavy atom. The zero-order valence-corrected chi connectivity index (χ0v) is 14.7. The molecule has 0 aliphatic carbocycles. The van der Waals surface area contributed by atoms with Crippen molar-refractivity contribution in [1.82, 2.24) is 19.7 Å². The molecule has 1 amide bonds. The van der Waals surface area contributed by atoms with Crippen LogP contribution in [0.1, 0.15) is 11.4 Å². The maximum atomic E-state index is 11.1. The van der Waals surface area contributed by atoms with E-state index in [-0.39, 0.29) is 10.8 Å². The first-order chi connectivity index (χ1) is 12.4. The molecule has 26 heavy (non-hydrogen) atoms. The summed E-state index contributed by atoms with van der Waals surface area (Å²) in [5, 5.41) is 5.12. The zero-order valence-electron chi connectivity index (χ0n) is 13.9. The van der Waals surface area contributed by atoms with Crippen molar-refractivity contribution in [3.8, 4) is 22.5 Å². The third kappa shape index (κ3) is 2.56. The van der Waals surface area contributed by atoms with E-state index in [2.05, 4.69) is 15.1 Å². The molecule has 0 saturated carbocycles. The van der Waals surface area contributed by atoms with Crippen molar-refractivity contribution >= 4 is 33.3 Å². The minimum atomic E-state index is -0.950. The van der Waals surface area contributed by atoms with Gasteiger partial charge in [0, 0.05) is 5.69 Å². The van der Waals surface area contributed by atoms with Crippen molar-refractivity contribution in [2.24, 2.45) is 5.73 Å². The van der Waals surface area contributed by atoms with Crippen LogP contribution in [0.4, 0.5) is 10.5 Å². The summed E-state index contributed by atoms with van der Waals surface area (Å²) in [5.74, 6) is 0.872. The summed E-state index contributed by atoms with van der Waals surface area (Å²) in [6.45, 7) is 3.79. The van der Waals surface area contributed by atoms with Gasteiger partial charge in [-0.3, -0.25) is 0 Å². The molecule has 0 bridgehead atoms. The molecule has 0 spiro atoms. The Bertz CT molecular complexity index is 1130. The minimum absolute atomic E-state index is 0.167. The molecule has 132 valence electrons. The van der Waals surface area contributed by atoms with E-state index in [1.165, 1.54) is 6.26 Å². The van der Waals surface area contributed by atoms with Crippen LogP contribution in [0.15, 0.2) is 28.9 Å². The molecule has 0 atom stereocenters. The highest BCUT2D eigenvalue weighted by atomic mass is 32.1. The van der Waals surface area contributed by atoms with Crippen LogP contribution in [0, 0.1) is 13.8 Å². The first-order valence-corrected chi connectivity index (χ1v) is 8.40. The van der Waals surface area contributed by atoms with Crippen LogP contribution in [0.3, 0.4) is 0 Å². The molecule has 10 heteroatoms. The lowest BCUT2D eigenvalue weighted by Gasteiger charge is -2.06. The number of carbonyl (C=O) groups excluding carboxylic acids is 1. The van der Waals surface area contributed by atoms with Gasteiger partial charge in [-0.25, -0.2) is 14.5 Å². The Morgan fingerprint density at radius 1 is 1.35 bits per heavy atom. The highest BCUT2D eigenvalue weighted by Gasteiger charge is 2.22. The number of aromatic nitrogens is 4. The number of ether oxygens (including phenoxy) is 1. The van der Waals surface area contributed by atoms with Crippen LogP contribution in [-0.4, -0.2) is 25.8 Å². The second kappa shape index (κ2) is 5.85. The Hall–Kier alpha value is -3.40. The third-order valence-electron chi connectivity index (χ3n) is 3.69. The molecule has 0 aliphatic heterocycles. The van der Waals surface area contributed by atoms with Crippen molar-refractivity contribution in [2.75, 3.05) is 5.73 Å². The van der Waals surface area contributed by atoms with E-state index in [9.17, 15) is 4.79 Å². The fourth-order valence-corrected chi connectivity index (χ4v) is 3.62. The molecule has 4 rings (SSSR count). The predicted molar refractivity (Wildman–Crippen MR) is 96.3 cm³/mol. The average molecular weight is 370 g/mol. The van der Waals surface area contributed by atoms with Gasteiger partial charge in [-0.05, 0) is 32.0 Å². The Balaban J connectivity index is 2.02. The van der Waals surface area contributed by atoms with Crippen LogP contribution < -0.4 is 16.2 Å². The number of thiophene rings is 1. The quantitative estimate of drug-likeness (QED) is 0.566. The largest absolute Gasteiger partial charge is 0.463 e. The number of aryl methyl sites for hydroxylation is 2. The number of anilines is 1. The molecule has 0 aliphatic rings. The second-order valence-electron chi connectivity index (χ2n) is 5.59. The van der Waals surface area contributed by atoms with Crippen LogP contribution >= 0.6 is 11.3 Å². The van der Waals surface area contributed by atoms with E-state index in [4.69, 9.17) is 20.6 Å². The third-order valence-corrected chi connectivity index (χ3v) is 4.67. The molecular weight excluding hydrogens is 356 g/mol. The number of hydrogen-bond acceptors (Lipinski definition) is 8. The molecular formula is C16H14N6O3S. The molecule has 4 aromatic rings. The van der Waals surface area contributed by atoms with Crippen LogP contribution in [-0.2, 0) is 0 Å². The molecule has 0 aromatic carbocycles. The Morgan fingerprint density at radius 3 is 2.77 bits per heavy atom. The summed E-state index contributed by atoms with van der Waals surface area (Å²) in [5.41, 5.74) is 13.7. The summed E-state index contributed by atoms with van der Waals surface area (Å²) in [6.07, 6.45) is 0.588. The highest BCUT2D eigenvalue weighted by molar-refractivity contribution is 7.21. The van der Waals surface area contributed by atoms with Gasteiger partial charge in [0.05, 0.1) is 23.0 Å². The number of furan rings is 1. The van der Waals surface area contributed by atoms with E-state index < -0.39 is 6.09 Å². The van der Waals surface area contributed by atoms with Gasteiger partial charge in [0.25, 0.3) is 5.95 Å². The molecule has 0 radical (unpaired) electrons. The SMILES string of the molecule is Cc1cc(C)n(-c2nc(-c3ccco3)c3c(N)c(OC(N)=O)sc3n2)n1. The number of hydrogen-bond donors (Lipinski definition) is 2. The monoisotopic (exact) mass is 370 g/mol. The number of primary amides is 1. The van der Waals surface area contributed by atoms with Gasteiger partial charge in [-0.2, -0.15) is 10.1 Å². The van der Waals surface area contributed by atoms with Crippen molar-refractivity contribution in [3.05, 3.63) is 35.9 Å². The van der Waals surface area contributed by atoms with Crippen molar-refractivity contribution in [1.29, 1.82) is 0 Å². The molecule has 9 nitrogen and oxygen atoms in total. The summed E-state index contributed by atoms with van der Waals surface area (Å²) in [6, 6.07) is 5.43. The molecule has 4 aromatic heterocycles. The number of rotatable bonds is 3. The molecule has 0 unspecified atom stereocenters. The normalized spacial score (nSPS) is 11.2. The van der Waals surface area contributed by atoms with Gasteiger partial charge in [-0.15, -0.1) is 0 Å². The lowest BCUT2D eigenvalue weighted by molar-refractivity contribution is 0.212. The Labute approximate surface area is 151 Å². The van der Waals surface area contributed by atoms with Gasteiger partial charge in [0.15, 0.2) is 5.76 Å². The highest BCUT2D eigenvalue weighted by Crippen LogP contribution is 2.43. The topological polar surface area (TPSA) is 135 Å². The van der Waals surface area contributed by atoms with Gasteiger partial charge in [0.2, 0.25) is 5.06 Å². The fraction of sp³-hybridized carbons (Fsp3) is 0.125. The second-order valence-corrected chi connectivity index (χ2v) is 6.55. The number of fused-ring (bicyclic) bond motifs is 1. The van der Waals surface area contributed by atoms with Gasteiger partial charge < -0.3 is 20.6 Å². The van der Waals surface area contributed by atoms with Crippen molar-refractivity contribution in [2.45, 2.75) is 13.8 Å². The first-order valence-electron chi connectivity index (χ1n) is 7.59. The molecule has 4 N–H and O–H groups in total. The van der Waals surface area contributed by atoms with Crippen LogP contribution in [0.5, 0.6) is 5.06 Å². The zero-order chi connectivity index (χ0) is 18.4. The summed E-state index contributed by atoms with van der Waals surface area (Å²) >= 11 is 1.10. The Kier molecular flexibility index (Phi) is 3.62. The number of nitrogens with zero attached hydrogens (tertiary/aromatic N) is 4. The molecule has 0 fully saturated rings. The fourth-order valence-electron chi connectivity index (χ4n) is 2.68. The number of amides is 1. The standard InChI is InChI=1S/C16H14N6O3S/c1-7-6-8(2)22(21-7)16-19-12(9-4-3-5-24-9)10-11(17)14(25-15(18)23)26-13(10)20-16/h3-6H,17H2,1-2H3,(H2,18,23). The lowest BCUT2D eigenvalue weighted by atomic mass is 10.2.